The highest BCUT2D eigenvalue weighted by atomic mass is 15.3. The molecule has 1 fully saturated rings. The van der Waals surface area contributed by atoms with E-state index in [4.69, 9.17) is 4.98 Å². The van der Waals surface area contributed by atoms with Gasteiger partial charge in [0.1, 0.15) is 5.65 Å². The fourth-order valence-electron chi connectivity index (χ4n) is 4.41. The predicted molar refractivity (Wildman–Crippen MR) is 120 cm³/mol. The van der Waals surface area contributed by atoms with Gasteiger partial charge in [-0.15, -0.1) is 0 Å². The van der Waals surface area contributed by atoms with Crippen molar-refractivity contribution < 1.29 is 0 Å². The molecule has 0 radical (unpaired) electrons. The molecule has 3 aromatic heterocycles. The first-order valence-electron chi connectivity index (χ1n) is 10.5. The third-order valence-corrected chi connectivity index (χ3v) is 6.05. The summed E-state index contributed by atoms with van der Waals surface area (Å²) in [5.41, 5.74) is 7.12. The summed E-state index contributed by atoms with van der Waals surface area (Å²) in [4.78, 5) is 14.1. The second-order valence-corrected chi connectivity index (χ2v) is 8.26. The molecule has 152 valence electrons. The summed E-state index contributed by atoms with van der Waals surface area (Å²) in [5.74, 6) is 0. The predicted octanol–water partition coefficient (Wildman–Crippen LogP) is 4.19. The van der Waals surface area contributed by atoms with E-state index in [1.165, 1.54) is 11.1 Å². The van der Waals surface area contributed by atoms with E-state index in [2.05, 4.69) is 81.8 Å². The standard InChI is InChI=1S/C25H27N5/c1-19-5-3-6-20(15-19)16-29-14-13-28(2)24(18-29)22-17-30-23(7-4-8-25(30)27-22)21-9-11-26-12-10-21/h3-12,15,17,24H,13-14,16,18H2,1-2H3/t24-/m0/s1. The van der Waals surface area contributed by atoms with E-state index in [-0.39, 0.29) is 6.04 Å². The average molecular weight is 398 g/mol. The lowest BCUT2D eigenvalue weighted by Gasteiger charge is -2.38. The maximum Gasteiger partial charge on any atom is 0.137 e. The van der Waals surface area contributed by atoms with Crippen LogP contribution in [-0.2, 0) is 6.54 Å². The maximum atomic E-state index is 5.01. The van der Waals surface area contributed by atoms with Gasteiger partial charge in [0, 0.05) is 50.3 Å². The van der Waals surface area contributed by atoms with Gasteiger partial charge in [-0.05, 0) is 43.8 Å². The second kappa shape index (κ2) is 8.01. The number of rotatable bonds is 4. The first-order chi connectivity index (χ1) is 14.7. The lowest BCUT2D eigenvalue weighted by atomic mass is 10.1. The highest BCUT2D eigenvalue weighted by Gasteiger charge is 2.28. The number of piperazine rings is 1. The fraction of sp³-hybridized carbons (Fsp3) is 0.280. The minimum Gasteiger partial charge on any atom is -0.299 e. The average Bonchev–Trinajstić information content (AvgIpc) is 3.20. The number of aromatic nitrogens is 3. The molecule has 1 aliphatic rings. The van der Waals surface area contributed by atoms with Crippen LogP contribution >= 0.6 is 0 Å². The van der Waals surface area contributed by atoms with Gasteiger partial charge in [-0.3, -0.25) is 19.2 Å². The summed E-state index contributed by atoms with van der Waals surface area (Å²) >= 11 is 0. The van der Waals surface area contributed by atoms with Gasteiger partial charge < -0.3 is 0 Å². The van der Waals surface area contributed by atoms with Crippen molar-refractivity contribution in [2.45, 2.75) is 19.5 Å². The zero-order chi connectivity index (χ0) is 20.5. The molecule has 1 aliphatic heterocycles. The van der Waals surface area contributed by atoms with Gasteiger partial charge in [0.15, 0.2) is 0 Å². The number of hydrogen-bond acceptors (Lipinski definition) is 4. The number of pyridine rings is 2. The summed E-state index contributed by atoms with van der Waals surface area (Å²) in [7, 11) is 2.21. The molecule has 0 amide bonds. The largest absolute Gasteiger partial charge is 0.299 e. The molecule has 5 rings (SSSR count). The SMILES string of the molecule is Cc1cccc(CN2CCN(C)[C@H](c3cn4c(-c5ccncc5)cccc4n3)C2)c1. The molecule has 1 saturated heterocycles. The van der Waals surface area contributed by atoms with Gasteiger partial charge in [0.05, 0.1) is 17.4 Å². The molecule has 4 heterocycles. The minimum absolute atomic E-state index is 0.286. The molecule has 0 saturated carbocycles. The molecule has 30 heavy (non-hydrogen) atoms. The molecule has 0 N–H and O–H groups in total. The molecule has 0 spiro atoms. The van der Waals surface area contributed by atoms with Crippen molar-refractivity contribution in [3.8, 4) is 11.3 Å². The van der Waals surface area contributed by atoms with Crippen molar-refractivity contribution >= 4 is 5.65 Å². The molecule has 0 bridgehead atoms. The Morgan fingerprint density at radius 3 is 2.67 bits per heavy atom. The Kier molecular flexibility index (Phi) is 5.07. The number of fused-ring (bicyclic) bond motifs is 1. The number of benzene rings is 1. The van der Waals surface area contributed by atoms with Crippen molar-refractivity contribution in [1.82, 2.24) is 24.2 Å². The van der Waals surface area contributed by atoms with Crippen LogP contribution in [0.5, 0.6) is 0 Å². The first kappa shape index (κ1) is 19.0. The zero-order valence-electron chi connectivity index (χ0n) is 17.6. The van der Waals surface area contributed by atoms with E-state index in [0.29, 0.717) is 0 Å². The molecule has 4 aromatic rings. The third kappa shape index (κ3) is 3.74. The van der Waals surface area contributed by atoms with Crippen molar-refractivity contribution in [3.63, 3.8) is 0 Å². The normalized spacial score (nSPS) is 18.1. The Hall–Kier alpha value is -3.02. The second-order valence-electron chi connectivity index (χ2n) is 8.26. The first-order valence-corrected chi connectivity index (χ1v) is 10.5. The highest BCUT2D eigenvalue weighted by molar-refractivity contribution is 5.63. The zero-order valence-corrected chi connectivity index (χ0v) is 17.6. The lowest BCUT2D eigenvalue weighted by molar-refractivity contribution is 0.0885. The van der Waals surface area contributed by atoms with Crippen molar-refractivity contribution in [1.29, 1.82) is 0 Å². The smallest absolute Gasteiger partial charge is 0.137 e. The van der Waals surface area contributed by atoms with Crippen LogP contribution in [-0.4, -0.2) is 50.9 Å². The van der Waals surface area contributed by atoms with Gasteiger partial charge in [-0.1, -0.05) is 35.9 Å². The van der Waals surface area contributed by atoms with E-state index in [0.717, 1.165) is 48.8 Å². The number of likely N-dealkylation sites (N-methyl/N-ethyl adjacent to an activating group) is 1. The van der Waals surface area contributed by atoms with Crippen LogP contribution in [0.3, 0.4) is 0 Å². The van der Waals surface area contributed by atoms with Gasteiger partial charge in [0.25, 0.3) is 0 Å². The summed E-state index contributed by atoms with van der Waals surface area (Å²) < 4.78 is 2.21. The fourth-order valence-corrected chi connectivity index (χ4v) is 4.41. The van der Waals surface area contributed by atoms with Crippen LogP contribution in [0, 0.1) is 6.92 Å². The van der Waals surface area contributed by atoms with Crippen LogP contribution in [0.4, 0.5) is 0 Å². The monoisotopic (exact) mass is 397 g/mol. The topological polar surface area (TPSA) is 36.7 Å². The van der Waals surface area contributed by atoms with Crippen molar-refractivity contribution in [2.24, 2.45) is 0 Å². The molecule has 0 unspecified atom stereocenters. The van der Waals surface area contributed by atoms with E-state index < -0.39 is 0 Å². The molecule has 1 atom stereocenters. The van der Waals surface area contributed by atoms with Crippen LogP contribution < -0.4 is 0 Å². The number of imidazole rings is 1. The molecular weight excluding hydrogens is 370 g/mol. The maximum absolute atomic E-state index is 5.01. The summed E-state index contributed by atoms with van der Waals surface area (Å²) in [6.45, 7) is 6.26. The lowest BCUT2D eigenvalue weighted by Crippen LogP contribution is -2.46. The Labute approximate surface area is 177 Å². The Morgan fingerprint density at radius 1 is 1.00 bits per heavy atom. The molecule has 5 heteroatoms. The molecule has 5 nitrogen and oxygen atoms in total. The van der Waals surface area contributed by atoms with Crippen LogP contribution in [0.15, 0.2) is 73.2 Å². The van der Waals surface area contributed by atoms with E-state index in [9.17, 15) is 0 Å². The van der Waals surface area contributed by atoms with Gasteiger partial charge in [-0.2, -0.15) is 0 Å². The van der Waals surface area contributed by atoms with Crippen LogP contribution in [0.25, 0.3) is 16.9 Å². The Balaban J connectivity index is 1.43. The summed E-state index contributed by atoms with van der Waals surface area (Å²) in [6, 6.07) is 19.5. The molecular formula is C25H27N5. The van der Waals surface area contributed by atoms with Crippen LogP contribution in [0.2, 0.25) is 0 Å². The minimum atomic E-state index is 0.286. The number of hydrogen-bond donors (Lipinski definition) is 0. The van der Waals surface area contributed by atoms with Gasteiger partial charge >= 0.3 is 0 Å². The van der Waals surface area contributed by atoms with Crippen molar-refractivity contribution in [3.05, 3.63) is 90.0 Å². The Bertz CT molecular complexity index is 1150. The molecule has 0 aliphatic carbocycles. The van der Waals surface area contributed by atoms with E-state index in [1.54, 1.807) is 0 Å². The van der Waals surface area contributed by atoms with Gasteiger partial charge in [0.2, 0.25) is 0 Å². The van der Waals surface area contributed by atoms with E-state index in [1.807, 2.05) is 24.5 Å². The Morgan fingerprint density at radius 2 is 1.83 bits per heavy atom. The van der Waals surface area contributed by atoms with Crippen LogP contribution in [0.1, 0.15) is 22.9 Å². The van der Waals surface area contributed by atoms with E-state index >= 15 is 0 Å². The van der Waals surface area contributed by atoms with Gasteiger partial charge in [-0.25, -0.2) is 4.98 Å². The quantitative estimate of drug-likeness (QED) is 0.517. The van der Waals surface area contributed by atoms with Crippen molar-refractivity contribution in [2.75, 3.05) is 26.7 Å². The number of nitrogens with zero attached hydrogens (tertiary/aromatic N) is 5. The summed E-state index contributed by atoms with van der Waals surface area (Å²) in [6.07, 6.45) is 5.89. The number of aryl methyl sites for hydroxylation is 1. The third-order valence-electron chi connectivity index (χ3n) is 6.05. The molecule has 1 aromatic carbocycles. The highest BCUT2D eigenvalue weighted by Crippen LogP contribution is 2.27. The summed E-state index contributed by atoms with van der Waals surface area (Å²) in [5, 5.41) is 0.